The fourth-order valence-electron chi connectivity index (χ4n) is 2.25. The van der Waals surface area contributed by atoms with Crippen LogP contribution in [0.25, 0.3) is 0 Å². The summed E-state index contributed by atoms with van der Waals surface area (Å²) in [5, 5.41) is 6.43. The van der Waals surface area contributed by atoms with Gasteiger partial charge in [0.2, 0.25) is 5.91 Å². The monoisotopic (exact) mass is 241 g/mol. The molecule has 2 atom stereocenters. The molecular weight excluding hydrogens is 214 g/mol. The Balaban J connectivity index is 2.37. The zero-order chi connectivity index (χ0) is 12.7. The topological polar surface area (TPSA) is 44.4 Å². The molecule has 0 aromatic heterocycles. The second-order valence-electron chi connectivity index (χ2n) is 4.94. The van der Waals surface area contributed by atoms with Crippen molar-refractivity contribution in [2.75, 3.05) is 26.2 Å². The Labute approximate surface area is 105 Å². The van der Waals surface area contributed by atoms with Crippen LogP contribution in [0.3, 0.4) is 0 Å². The summed E-state index contributed by atoms with van der Waals surface area (Å²) in [7, 11) is 0. The van der Waals surface area contributed by atoms with E-state index in [9.17, 15) is 4.79 Å². The minimum atomic E-state index is 0.159. The van der Waals surface area contributed by atoms with Crippen molar-refractivity contribution in [2.45, 2.75) is 52.1 Å². The molecule has 0 spiro atoms. The van der Waals surface area contributed by atoms with Gasteiger partial charge in [0.25, 0.3) is 0 Å². The Morgan fingerprint density at radius 3 is 2.82 bits per heavy atom. The molecule has 2 N–H and O–H groups in total. The predicted octanol–water partition coefficient (Wildman–Crippen LogP) is 0.975. The lowest BCUT2D eigenvalue weighted by Gasteiger charge is -2.33. The summed E-state index contributed by atoms with van der Waals surface area (Å²) in [5.74, 6) is 0.159. The average molecular weight is 241 g/mol. The van der Waals surface area contributed by atoms with Gasteiger partial charge in [0.05, 0.1) is 6.54 Å². The molecule has 4 heteroatoms. The van der Waals surface area contributed by atoms with E-state index in [0.29, 0.717) is 12.6 Å². The van der Waals surface area contributed by atoms with Gasteiger partial charge in [0.15, 0.2) is 0 Å². The summed E-state index contributed by atoms with van der Waals surface area (Å²) >= 11 is 0. The lowest BCUT2D eigenvalue weighted by atomic mass is 10.1. The molecule has 0 aliphatic carbocycles. The number of rotatable bonds is 6. The highest BCUT2D eigenvalue weighted by Crippen LogP contribution is 2.09. The van der Waals surface area contributed by atoms with Crippen molar-refractivity contribution in [3.05, 3.63) is 0 Å². The van der Waals surface area contributed by atoms with Crippen molar-refractivity contribution in [2.24, 2.45) is 0 Å². The van der Waals surface area contributed by atoms with Crippen LogP contribution in [0, 0.1) is 0 Å². The maximum atomic E-state index is 11.9. The van der Waals surface area contributed by atoms with E-state index in [1.807, 2.05) is 0 Å². The highest BCUT2D eigenvalue weighted by atomic mass is 16.2. The summed E-state index contributed by atoms with van der Waals surface area (Å²) in [6.07, 6.45) is 3.41. The van der Waals surface area contributed by atoms with Crippen LogP contribution in [0.15, 0.2) is 0 Å². The first-order chi connectivity index (χ1) is 8.17. The Kier molecular flexibility index (Phi) is 6.52. The van der Waals surface area contributed by atoms with Gasteiger partial charge in [-0.1, -0.05) is 13.8 Å². The molecule has 1 fully saturated rings. The molecule has 100 valence electrons. The lowest BCUT2D eigenvalue weighted by molar-refractivity contribution is -0.123. The van der Waals surface area contributed by atoms with Crippen molar-refractivity contribution in [1.29, 1.82) is 0 Å². The highest BCUT2D eigenvalue weighted by Gasteiger charge is 2.21. The molecule has 17 heavy (non-hydrogen) atoms. The van der Waals surface area contributed by atoms with Crippen molar-refractivity contribution in [1.82, 2.24) is 15.5 Å². The third-order valence-corrected chi connectivity index (χ3v) is 3.56. The number of amides is 1. The summed E-state index contributed by atoms with van der Waals surface area (Å²) in [6.45, 7) is 9.89. The third kappa shape index (κ3) is 5.04. The van der Waals surface area contributed by atoms with Crippen LogP contribution >= 0.6 is 0 Å². The molecule has 1 rings (SSSR count). The van der Waals surface area contributed by atoms with E-state index >= 15 is 0 Å². The third-order valence-electron chi connectivity index (χ3n) is 3.56. The minimum absolute atomic E-state index is 0.159. The molecule has 0 bridgehead atoms. The van der Waals surface area contributed by atoms with Gasteiger partial charge in [0.1, 0.15) is 0 Å². The quantitative estimate of drug-likeness (QED) is 0.728. The van der Waals surface area contributed by atoms with E-state index in [4.69, 9.17) is 0 Å². The Bertz CT molecular complexity index is 227. The van der Waals surface area contributed by atoms with Gasteiger partial charge in [-0.15, -0.1) is 0 Å². The molecular formula is C13H27N3O. The van der Waals surface area contributed by atoms with Gasteiger partial charge < -0.3 is 10.6 Å². The Morgan fingerprint density at radius 1 is 1.53 bits per heavy atom. The molecule has 4 nitrogen and oxygen atoms in total. The first-order valence-corrected chi connectivity index (χ1v) is 6.91. The number of carbonyl (C=O) groups excluding carboxylic acids is 1. The fourth-order valence-corrected chi connectivity index (χ4v) is 2.25. The Morgan fingerprint density at radius 2 is 2.29 bits per heavy atom. The standard InChI is InChI=1S/C13H27N3O/c1-4-11(3)15-13(17)10-16(5-2)12-7-6-8-14-9-12/h11-12,14H,4-10H2,1-3H3,(H,15,17). The zero-order valence-electron chi connectivity index (χ0n) is 11.5. The molecule has 1 aliphatic rings. The summed E-state index contributed by atoms with van der Waals surface area (Å²) in [6, 6.07) is 0.808. The number of piperidine rings is 1. The molecule has 1 aliphatic heterocycles. The fraction of sp³-hybridized carbons (Fsp3) is 0.923. The van der Waals surface area contributed by atoms with E-state index in [1.54, 1.807) is 0 Å². The largest absolute Gasteiger partial charge is 0.353 e. The number of carbonyl (C=O) groups is 1. The first kappa shape index (κ1) is 14.5. The van der Waals surface area contributed by atoms with Crippen LogP contribution in [0.2, 0.25) is 0 Å². The summed E-state index contributed by atoms with van der Waals surface area (Å²) in [5.41, 5.74) is 0. The van der Waals surface area contributed by atoms with Crippen LogP contribution in [-0.4, -0.2) is 49.1 Å². The maximum absolute atomic E-state index is 11.9. The second kappa shape index (κ2) is 7.67. The van der Waals surface area contributed by atoms with Gasteiger partial charge in [-0.3, -0.25) is 9.69 Å². The number of nitrogens with one attached hydrogen (secondary N) is 2. The number of hydrogen-bond acceptors (Lipinski definition) is 3. The molecule has 0 saturated carbocycles. The van der Waals surface area contributed by atoms with E-state index in [0.717, 1.165) is 26.1 Å². The second-order valence-corrected chi connectivity index (χ2v) is 4.94. The molecule has 2 unspecified atom stereocenters. The Hall–Kier alpha value is -0.610. The van der Waals surface area contributed by atoms with Gasteiger partial charge in [-0.2, -0.15) is 0 Å². The molecule has 0 radical (unpaired) electrons. The van der Waals surface area contributed by atoms with Crippen molar-refractivity contribution >= 4 is 5.91 Å². The van der Waals surface area contributed by atoms with E-state index in [1.165, 1.54) is 12.8 Å². The average Bonchev–Trinajstić information content (AvgIpc) is 2.36. The first-order valence-electron chi connectivity index (χ1n) is 6.91. The lowest BCUT2D eigenvalue weighted by Crippen LogP contribution is -2.50. The van der Waals surface area contributed by atoms with Crippen molar-refractivity contribution < 1.29 is 4.79 Å². The van der Waals surface area contributed by atoms with Gasteiger partial charge >= 0.3 is 0 Å². The van der Waals surface area contributed by atoms with Gasteiger partial charge in [-0.25, -0.2) is 0 Å². The minimum Gasteiger partial charge on any atom is -0.353 e. The van der Waals surface area contributed by atoms with Crippen LogP contribution in [0.5, 0.6) is 0 Å². The van der Waals surface area contributed by atoms with Crippen molar-refractivity contribution in [3.63, 3.8) is 0 Å². The highest BCUT2D eigenvalue weighted by molar-refractivity contribution is 5.78. The zero-order valence-corrected chi connectivity index (χ0v) is 11.5. The van der Waals surface area contributed by atoms with Crippen LogP contribution in [0.4, 0.5) is 0 Å². The summed E-state index contributed by atoms with van der Waals surface area (Å²) < 4.78 is 0. The number of nitrogens with zero attached hydrogens (tertiary/aromatic N) is 1. The van der Waals surface area contributed by atoms with E-state index in [2.05, 4.69) is 36.3 Å². The normalized spacial score (nSPS) is 22.5. The van der Waals surface area contributed by atoms with Crippen LogP contribution in [0.1, 0.15) is 40.0 Å². The van der Waals surface area contributed by atoms with Crippen LogP contribution in [-0.2, 0) is 4.79 Å². The molecule has 1 amide bonds. The smallest absolute Gasteiger partial charge is 0.234 e. The maximum Gasteiger partial charge on any atom is 0.234 e. The van der Waals surface area contributed by atoms with Crippen LogP contribution < -0.4 is 10.6 Å². The van der Waals surface area contributed by atoms with Gasteiger partial charge in [0, 0.05) is 18.6 Å². The molecule has 0 aromatic rings. The predicted molar refractivity (Wildman–Crippen MR) is 71.0 cm³/mol. The molecule has 0 aromatic carbocycles. The van der Waals surface area contributed by atoms with Gasteiger partial charge in [-0.05, 0) is 39.3 Å². The molecule has 1 saturated heterocycles. The van der Waals surface area contributed by atoms with E-state index < -0.39 is 0 Å². The SMILES string of the molecule is CCC(C)NC(=O)CN(CC)C1CCCNC1. The number of likely N-dealkylation sites (N-methyl/N-ethyl adjacent to an activating group) is 1. The summed E-state index contributed by atoms with van der Waals surface area (Å²) in [4.78, 5) is 14.1. The van der Waals surface area contributed by atoms with E-state index in [-0.39, 0.29) is 11.9 Å². The molecule has 1 heterocycles. The van der Waals surface area contributed by atoms with Crippen molar-refractivity contribution in [3.8, 4) is 0 Å². The number of hydrogen-bond donors (Lipinski definition) is 2.